The van der Waals surface area contributed by atoms with Gasteiger partial charge in [0.1, 0.15) is 5.52 Å². The molecule has 1 N–H and O–H groups in total. The Bertz CT molecular complexity index is 846. The summed E-state index contributed by atoms with van der Waals surface area (Å²) < 4.78 is 11.0. The fourth-order valence-electron chi connectivity index (χ4n) is 4.02. The third kappa shape index (κ3) is 2.78. The Kier molecular flexibility index (Phi) is 3.76. The van der Waals surface area contributed by atoms with Crippen LogP contribution in [0.3, 0.4) is 0 Å². The molecule has 0 unspecified atom stereocenters. The van der Waals surface area contributed by atoms with Gasteiger partial charge in [-0.25, -0.2) is 4.98 Å². The molecular formula is C18H21N3O4. The number of hydrogen-bond donors (Lipinski definition) is 1. The minimum Gasteiger partial charge on any atom is -0.441 e. The van der Waals surface area contributed by atoms with Crippen LogP contribution in [0.15, 0.2) is 22.6 Å². The molecule has 0 saturated carbocycles. The molecule has 2 aliphatic rings. The van der Waals surface area contributed by atoms with Crippen molar-refractivity contribution in [3.63, 3.8) is 0 Å². The highest BCUT2D eigenvalue weighted by Crippen LogP contribution is 2.35. The molecule has 7 nitrogen and oxygen atoms in total. The second kappa shape index (κ2) is 5.84. The highest BCUT2D eigenvalue weighted by Gasteiger charge is 2.50. The van der Waals surface area contributed by atoms with Crippen molar-refractivity contribution >= 4 is 22.9 Å². The topological polar surface area (TPSA) is 84.7 Å². The number of ether oxygens (including phenoxy) is 1. The summed E-state index contributed by atoms with van der Waals surface area (Å²) in [5, 5.41) is 3.09. The molecule has 25 heavy (non-hydrogen) atoms. The van der Waals surface area contributed by atoms with E-state index in [0.717, 1.165) is 6.42 Å². The lowest BCUT2D eigenvalue weighted by Gasteiger charge is -2.38. The van der Waals surface area contributed by atoms with Crippen LogP contribution in [0.25, 0.3) is 11.1 Å². The minimum absolute atomic E-state index is 0.0540. The molecule has 1 aromatic heterocycles. The van der Waals surface area contributed by atoms with Crippen molar-refractivity contribution in [2.45, 2.75) is 25.8 Å². The van der Waals surface area contributed by atoms with Crippen LogP contribution < -0.4 is 5.32 Å². The van der Waals surface area contributed by atoms with E-state index >= 15 is 0 Å². The van der Waals surface area contributed by atoms with Gasteiger partial charge >= 0.3 is 0 Å². The molecule has 0 spiro atoms. The Hall–Kier alpha value is -2.41. The van der Waals surface area contributed by atoms with Gasteiger partial charge in [0.25, 0.3) is 5.91 Å². The van der Waals surface area contributed by atoms with Crippen LogP contribution in [-0.2, 0) is 9.53 Å². The number of aromatic nitrogens is 1. The summed E-state index contributed by atoms with van der Waals surface area (Å²) in [6.45, 7) is 5.55. The van der Waals surface area contributed by atoms with Gasteiger partial charge in [0.05, 0.1) is 12.1 Å². The number of nitrogens with one attached hydrogen (secondary N) is 1. The number of oxazole rings is 1. The quantitative estimate of drug-likeness (QED) is 0.893. The average Bonchev–Trinajstić information content (AvgIpc) is 3.11. The van der Waals surface area contributed by atoms with E-state index in [-0.39, 0.29) is 23.3 Å². The molecule has 2 aromatic rings. The number of carbonyl (C=O) groups excluding carboxylic acids is 2. The monoisotopic (exact) mass is 343 g/mol. The summed E-state index contributed by atoms with van der Waals surface area (Å²) in [6.07, 6.45) is 0.725. The number of nitrogens with zero attached hydrogens (tertiary/aromatic N) is 2. The predicted octanol–water partition coefficient (Wildman–Crippen LogP) is 1.50. The molecule has 0 radical (unpaired) electrons. The van der Waals surface area contributed by atoms with E-state index in [9.17, 15) is 9.59 Å². The zero-order valence-electron chi connectivity index (χ0n) is 14.4. The maximum Gasteiger partial charge on any atom is 0.254 e. The molecule has 7 heteroatoms. The van der Waals surface area contributed by atoms with Crippen LogP contribution in [0.5, 0.6) is 0 Å². The van der Waals surface area contributed by atoms with Gasteiger partial charge in [0.2, 0.25) is 5.91 Å². The van der Waals surface area contributed by atoms with E-state index in [1.165, 1.54) is 6.92 Å². The SMILES string of the molecule is CC(=O)N[C@@]12CCOC[C@@H]1CN(C(=O)c1ccc3oc(C)nc3c1)C2. The maximum absolute atomic E-state index is 13.0. The fourth-order valence-corrected chi connectivity index (χ4v) is 4.02. The Balaban J connectivity index is 1.60. The van der Waals surface area contributed by atoms with Gasteiger partial charge in [-0.15, -0.1) is 0 Å². The van der Waals surface area contributed by atoms with E-state index in [2.05, 4.69) is 10.3 Å². The minimum atomic E-state index is -0.381. The zero-order valence-corrected chi connectivity index (χ0v) is 14.4. The number of likely N-dealkylation sites (tertiary alicyclic amines) is 1. The standard InChI is InChI=1S/C18H21N3O4/c1-11(22)20-18-5-6-24-9-14(18)8-21(10-18)17(23)13-3-4-16-15(7-13)19-12(2)25-16/h3-4,7,14H,5-6,8-10H2,1-2H3,(H,20,22)/t14-,18+/m0/s1. The molecule has 2 atom stereocenters. The van der Waals surface area contributed by atoms with Gasteiger partial charge in [-0.1, -0.05) is 0 Å². The molecule has 132 valence electrons. The second-order valence-corrected chi connectivity index (χ2v) is 6.96. The maximum atomic E-state index is 13.0. The Morgan fingerprint density at radius 3 is 3.04 bits per heavy atom. The molecule has 1 aromatic carbocycles. The Labute approximate surface area is 145 Å². The molecule has 4 rings (SSSR count). The van der Waals surface area contributed by atoms with E-state index in [4.69, 9.17) is 9.15 Å². The smallest absolute Gasteiger partial charge is 0.254 e. The summed E-state index contributed by atoms with van der Waals surface area (Å²) in [4.78, 5) is 30.8. The van der Waals surface area contributed by atoms with Gasteiger partial charge < -0.3 is 19.4 Å². The van der Waals surface area contributed by atoms with Gasteiger partial charge in [0.15, 0.2) is 11.5 Å². The lowest BCUT2D eigenvalue weighted by molar-refractivity contribution is -0.122. The second-order valence-electron chi connectivity index (χ2n) is 6.96. The van der Waals surface area contributed by atoms with Crippen LogP contribution in [0.4, 0.5) is 0 Å². The van der Waals surface area contributed by atoms with Gasteiger partial charge in [0, 0.05) is 45.0 Å². The summed E-state index contributed by atoms with van der Waals surface area (Å²) in [5.41, 5.74) is 1.55. The molecule has 2 amide bonds. The predicted molar refractivity (Wildman–Crippen MR) is 90.1 cm³/mol. The first-order chi connectivity index (χ1) is 12.0. The highest BCUT2D eigenvalue weighted by atomic mass is 16.5. The lowest BCUT2D eigenvalue weighted by Crippen LogP contribution is -2.57. The largest absolute Gasteiger partial charge is 0.441 e. The van der Waals surface area contributed by atoms with Crippen LogP contribution in [0.1, 0.15) is 29.6 Å². The number of amides is 2. The third-order valence-electron chi connectivity index (χ3n) is 5.16. The highest BCUT2D eigenvalue weighted by molar-refractivity contribution is 5.97. The number of rotatable bonds is 2. The Morgan fingerprint density at radius 2 is 2.24 bits per heavy atom. The molecule has 2 fully saturated rings. The number of carbonyl (C=O) groups is 2. The van der Waals surface area contributed by atoms with Crippen LogP contribution in [0.2, 0.25) is 0 Å². The van der Waals surface area contributed by atoms with Crippen molar-refractivity contribution in [2.24, 2.45) is 5.92 Å². The normalized spacial score (nSPS) is 25.8. The van der Waals surface area contributed by atoms with Gasteiger partial charge in [-0.2, -0.15) is 0 Å². The summed E-state index contributed by atoms with van der Waals surface area (Å²) in [7, 11) is 0. The van der Waals surface area contributed by atoms with Crippen molar-refractivity contribution in [1.29, 1.82) is 0 Å². The first-order valence-electron chi connectivity index (χ1n) is 8.50. The Morgan fingerprint density at radius 1 is 1.40 bits per heavy atom. The first kappa shape index (κ1) is 16.1. The van der Waals surface area contributed by atoms with E-state index in [1.807, 2.05) is 4.90 Å². The third-order valence-corrected chi connectivity index (χ3v) is 5.16. The van der Waals surface area contributed by atoms with E-state index in [1.54, 1.807) is 25.1 Å². The molecular weight excluding hydrogens is 322 g/mol. The number of fused-ring (bicyclic) bond motifs is 2. The average molecular weight is 343 g/mol. The molecule has 3 heterocycles. The zero-order chi connectivity index (χ0) is 17.6. The van der Waals surface area contributed by atoms with Crippen molar-refractivity contribution in [3.8, 4) is 0 Å². The van der Waals surface area contributed by atoms with Crippen molar-refractivity contribution in [3.05, 3.63) is 29.7 Å². The number of aryl methyl sites for hydroxylation is 1. The van der Waals surface area contributed by atoms with Crippen LogP contribution in [-0.4, -0.2) is 53.5 Å². The van der Waals surface area contributed by atoms with Gasteiger partial charge in [-0.05, 0) is 24.6 Å². The molecule has 0 aliphatic carbocycles. The van der Waals surface area contributed by atoms with E-state index in [0.29, 0.717) is 48.9 Å². The van der Waals surface area contributed by atoms with Crippen LogP contribution >= 0.6 is 0 Å². The summed E-state index contributed by atoms with van der Waals surface area (Å²) >= 11 is 0. The molecule has 0 bridgehead atoms. The number of benzene rings is 1. The van der Waals surface area contributed by atoms with Crippen molar-refractivity contribution in [2.75, 3.05) is 26.3 Å². The lowest BCUT2D eigenvalue weighted by atomic mass is 9.83. The first-order valence-corrected chi connectivity index (χ1v) is 8.50. The number of hydrogen-bond acceptors (Lipinski definition) is 5. The van der Waals surface area contributed by atoms with Crippen molar-refractivity contribution < 1.29 is 18.7 Å². The fraction of sp³-hybridized carbons (Fsp3) is 0.500. The molecule has 2 aliphatic heterocycles. The van der Waals surface area contributed by atoms with Gasteiger partial charge in [-0.3, -0.25) is 9.59 Å². The molecule has 2 saturated heterocycles. The van der Waals surface area contributed by atoms with Crippen molar-refractivity contribution in [1.82, 2.24) is 15.2 Å². The van der Waals surface area contributed by atoms with E-state index < -0.39 is 0 Å². The van der Waals surface area contributed by atoms with Crippen LogP contribution in [0, 0.1) is 12.8 Å². The summed E-state index contributed by atoms with van der Waals surface area (Å²) in [5.74, 6) is 0.572. The summed E-state index contributed by atoms with van der Waals surface area (Å²) in [6, 6.07) is 5.30.